The quantitative estimate of drug-likeness (QED) is 0.231. The topological polar surface area (TPSA) is 97.9 Å². The van der Waals surface area contributed by atoms with Gasteiger partial charge < -0.3 is 9.64 Å². The highest BCUT2D eigenvalue weighted by Gasteiger charge is 2.25. The van der Waals surface area contributed by atoms with Crippen LogP contribution in [-0.4, -0.2) is 82.8 Å². The van der Waals surface area contributed by atoms with Crippen LogP contribution >= 0.6 is 0 Å². The van der Waals surface area contributed by atoms with Crippen molar-refractivity contribution in [1.29, 1.82) is 0 Å². The van der Waals surface area contributed by atoms with Gasteiger partial charge in [0.1, 0.15) is 5.82 Å². The van der Waals surface area contributed by atoms with E-state index in [4.69, 9.17) is 19.9 Å². The molecule has 42 heavy (non-hydrogen) atoms. The molecular formula is C31H43N7O3S. The molecule has 10 nitrogen and oxygen atoms in total. The number of rotatable bonds is 11. The van der Waals surface area contributed by atoms with Crippen molar-refractivity contribution in [3.63, 3.8) is 0 Å². The van der Waals surface area contributed by atoms with Gasteiger partial charge in [-0.2, -0.15) is 10.2 Å². The van der Waals surface area contributed by atoms with E-state index in [1.165, 1.54) is 19.1 Å². The number of morpholine rings is 1. The third kappa shape index (κ3) is 6.18. The SMILES string of the molecule is CCCCCn1ncc2c(-c3cc(N4CCOCC4)nc4c(CCCC5CCN(S(C)(=O)=O)CC5)cnn34)cccc21. The first-order valence-electron chi connectivity index (χ1n) is 15.5. The van der Waals surface area contributed by atoms with E-state index in [1.807, 2.05) is 16.9 Å². The number of hydrogen-bond donors (Lipinski definition) is 0. The van der Waals surface area contributed by atoms with E-state index in [0.29, 0.717) is 32.2 Å². The van der Waals surface area contributed by atoms with Crippen molar-refractivity contribution in [2.75, 3.05) is 50.5 Å². The molecule has 0 N–H and O–H groups in total. The van der Waals surface area contributed by atoms with Crippen molar-refractivity contribution in [3.05, 3.63) is 42.2 Å². The van der Waals surface area contributed by atoms with E-state index in [-0.39, 0.29) is 0 Å². The average molecular weight is 594 g/mol. The van der Waals surface area contributed by atoms with E-state index < -0.39 is 10.0 Å². The van der Waals surface area contributed by atoms with Crippen LogP contribution in [0.4, 0.5) is 5.82 Å². The lowest BCUT2D eigenvalue weighted by Gasteiger charge is -2.30. The van der Waals surface area contributed by atoms with E-state index >= 15 is 0 Å². The number of aryl methyl sites for hydroxylation is 2. The van der Waals surface area contributed by atoms with Crippen LogP contribution in [-0.2, 0) is 27.7 Å². The van der Waals surface area contributed by atoms with Gasteiger partial charge in [-0.05, 0) is 44.1 Å². The first-order valence-corrected chi connectivity index (χ1v) is 17.4. The maximum Gasteiger partial charge on any atom is 0.211 e. The number of unbranched alkanes of at least 4 members (excludes halogenated alkanes) is 2. The molecule has 6 rings (SSSR count). The molecule has 0 spiro atoms. The fourth-order valence-corrected chi connectivity index (χ4v) is 7.32. The molecule has 0 bridgehead atoms. The molecule has 11 heteroatoms. The van der Waals surface area contributed by atoms with E-state index in [2.05, 4.69) is 40.8 Å². The second kappa shape index (κ2) is 12.7. The standard InChI is InChI=1S/C31H43N7O3S/c1-3-4-5-14-37-28-11-7-10-26(27(28)23-32-37)29-21-30(35-17-19-41-20-18-35)34-31-25(22-33-38(29)31)9-6-8-24-12-15-36(16-13-24)42(2,39)40/h7,10-11,21-24H,3-6,8-9,12-20H2,1-2H3. The lowest BCUT2D eigenvalue weighted by molar-refractivity contribution is 0.122. The summed E-state index contributed by atoms with van der Waals surface area (Å²) in [5, 5.41) is 10.8. The molecule has 3 aromatic heterocycles. The van der Waals surface area contributed by atoms with E-state index in [9.17, 15) is 8.42 Å². The van der Waals surface area contributed by atoms with Crippen LogP contribution in [0.25, 0.3) is 27.8 Å². The van der Waals surface area contributed by atoms with Gasteiger partial charge in [-0.25, -0.2) is 22.2 Å². The molecule has 2 saturated heterocycles. The Kier molecular flexibility index (Phi) is 8.78. The maximum atomic E-state index is 11.9. The Morgan fingerprint density at radius 2 is 1.81 bits per heavy atom. The lowest BCUT2D eigenvalue weighted by Crippen LogP contribution is -2.37. The summed E-state index contributed by atoms with van der Waals surface area (Å²) < 4.78 is 35.1. The summed E-state index contributed by atoms with van der Waals surface area (Å²) in [6.07, 6.45) is 13.7. The molecule has 0 radical (unpaired) electrons. The number of fused-ring (bicyclic) bond motifs is 2. The van der Waals surface area contributed by atoms with Gasteiger partial charge in [0.05, 0.1) is 43.1 Å². The highest BCUT2D eigenvalue weighted by Crippen LogP contribution is 2.33. The van der Waals surface area contributed by atoms with Gasteiger partial charge in [-0.1, -0.05) is 38.3 Å². The number of hydrogen-bond acceptors (Lipinski definition) is 7. The first kappa shape index (κ1) is 29.1. The fourth-order valence-electron chi connectivity index (χ4n) is 6.45. The summed E-state index contributed by atoms with van der Waals surface area (Å²) in [6.45, 7) is 7.45. The van der Waals surface area contributed by atoms with Crippen molar-refractivity contribution >= 4 is 32.4 Å². The predicted octanol–water partition coefficient (Wildman–Crippen LogP) is 4.77. The zero-order valence-electron chi connectivity index (χ0n) is 24.9. The van der Waals surface area contributed by atoms with Gasteiger partial charge in [0.2, 0.25) is 10.0 Å². The summed E-state index contributed by atoms with van der Waals surface area (Å²) >= 11 is 0. The van der Waals surface area contributed by atoms with Crippen LogP contribution in [0.1, 0.15) is 57.4 Å². The van der Waals surface area contributed by atoms with Crippen LogP contribution in [0.2, 0.25) is 0 Å². The minimum Gasteiger partial charge on any atom is -0.378 e. The Morgan fingerprint density at radius 3 is 2.57 bits per heavy atom. The minimum atomic E-state index is -3.09. The fraction of sp³-hybridized carbons (Fsp3) is 0.581. The van der Waals surface area contributed by atoms with E-state index in [1.54, 1.807) is 4.31 Å². The number of aromatic nitrogens is 5. The molecule has 0 amide bonds. The normalized spacial score (nSPS) is 17.5. The van der Waals surface area contributed by atoms with Crippen molar-refractivity contribution in [2.24, 2.45) is 5.92 Å². The van der Waals surface area contributed by atoms with Crippen LogP contribution < -0.4 is 4.90 Å². The van der Waals surface area contributed by atoms with Crippen molar-refractivity contribution in [1.82, 2.24) is 28.7 Å². The van der Waals surface area contributed by atoms with Gasteiger partial charge in [-0.15, -0.1) is 0 Å². The molecule has 2 fully saturated rings. The highest BCUT2D eigenvalue weighted by molar-refractivity contribution is 7.88. The maximum absolute atomic E-state index is 11.9. The number of sulfonamides is 1. The zero-order chi connectivity index (χ0) is 29.1. The second-order valence-corrected chi connectivity index (χ2v) is 13.8. The molecule has 0 aliphatic carbocycles. The third-order valence-corrected chi connectivity index (χ3v) is 10.2. The summed E-state index contributed by atoms with van der Waals surface area (Å²) in [6, 6.07) is 8.63. The molecule has 1 aromatic carbocycles. The Hall–Kier alpha value is -3.02. The monoisotopic (exact) mass is 593 g/mol. The Morgan fingerprint density at radius 1 is 1.00 bits per heavy atom. The number of nitrogens with zero attached hydrogens (tertiary/aromatic N) is 7. The second-order valence-electron chi connectivity index (χ2n) is 11.8. The Balaban J connectivity index is 1.28. The van der Waals surface area contributed by atoms with Crippen LogP contribution in [0.5, 0.6) is 0 Å². The van der Waals surface area contributed by atoms with Crippen molar-refractivity contribution in [2.45, 2.75) is 64.8 Å². The number of anilines is 1. The summed E-state index contributed by atoms with van der Waals surface area (Å²) in [7, 11) is -3.09. The van der Waals surface area contributed by atoms with Crippen molar-refractivity contribution < 1.29 is 13.2 Å². The summed E-state index contributed by atoms with van der Waals surface area (Å²) in [4.78, 5) is 7.47. The molecular weight excluding hydrogens is 550 g/mol. The molecule has 5 heterocycles. The Bertz CT molecular complexity index is 1620. The highest BCUT2D eigenvalue weighted by atomic mass is 32.2. The number of ether oxygens (including phenoxy) is 1. The average Bonchev–Trinajstić information content (AvgIpc) is 3.61. The van der Waals surface area contributed by atoms with Crippen LogP contribution in [0.15, 0.2) is 36.7 Å². The van der Waals surface area contributed by atoms with Crippen LogP contribution in [0.3, 0.4) is 0 Å². The molecule has 226 valence electrons. The van der Waals surface area contributed by atoms with Gasteiger partial charge in [0, 0.05) is 55.3 Å². The lowest BCUT2D eigenvalue weighted by atomic mass is 9.92. The molecule has 0 unspecified atom stereocenters. The molecule has 2 aliphatic heterocycles. The first-order chi connectivity index (χ1) is 20.4. The minimum absolute atomic E-state index is 0.559. The smallest absolute Gasteiger partial charge is 0.211 e. The number of benzene rings is 1. The van der Waals surface area contributed by atoms with Gasteiger partial charge in [0.25, 0.3) is 0 Å². The Labute approximate surface area is 248 Å². The largest absolute Gasteiger partial charge is 0.378 e. The summed E-state index contributed by atoms with van der Waals surface area (Å²) in [5.74, 6) is 1.52. The zero-order valence-corrected chi connectivity index (χ0v) is 25.7. The summed E-state index contributed by atoms with van der Waals surface area (Å²) in [5.41, 5.74) is 5.36. The van der Waals surface area contributed by atoms with Crippen LogP contribution in [0, 0.1) is 5.92 Å². The molecule has 0 atom stereocenters. The third-order valence-electron chi connectivity index (χ3n) is 8.90. The molecule has 2 aliphatic rings. The van der Waals surface area contributed by atoms with Gasteiger partial charge in [0.15, 0.2) is 5.65 Å². The molecule has 0 saturated carbocycles. The number of piperidine rings is 1. The van der Waals surface area contributed by atoms with Gasteiger partial charge >= 0.3 is 0 Å². The van der Waals surface area contributed by atoms with Crippen molar-refractivity contribution in [3.8, 4) is 11.3 Å². The van der Waals surface area contributed by atoms with Gasteiger partial charge in [-0.3, -0.25) is 4.68 Å². The van der Waals surface area contributed by atoms with E-state index in [0.717, 1.165) is 97.3 Å². The predicted molar refractivity (Wildman–Crippen MR) is 166 cm³/mol. The molecule has 4 aromatic rings.